The highest BCUT2D eigenvalue weighted by Gasteiger charge is 2.28. The third-order valence-corrected chi connectivity index (χ3v) is 6.51. The Labute approximate surface area is 154 Å². The van der Waals surface area contributed by atoms with Crippen molar-refractivity contribution in [3.8, 4) is 0 Å². The van der Waals surface area contributed by atoms with E-state index >= 15 is 0 Å². The Morgan fingerprint density at radius 2 is 1.88 bits per heavy atom. The smallest absolute Gasteiger partial charge is 0.338 e. The highest BCUT2D eigenvalue weighted by atomic mass is 32.2. The highest BCUT2D eigenvalue weighted by Crippen LogP contribution is 2.23. The Morgan fingerprint density at radius 3 is 2.58 bits per heavy atom. The van der Waals surface area contributed by atoms with Gasteiger partial charge in [0.2, 0.25) is 10.0 Å². The van der Waals surface area contributed by atoms with Crippen LogP contribution in [0.5, 0.6) is 0 Å². The van der Waals surface area contributed by atoms with Crippen molar-refractivity contribution in [2.75, 3.05) is 0 Å². The minimum Gasteiger partial charge on any atom is -0.455 e. The normalized spacial score (nSPS) is 14.5. The maximum Gasteiger partial charge on any atom is 0.338 e. The van der Waals surface area contributed by atoms with Gasteiger partial charge < -0.3 is 4.74 Å². The summed E-state index contributed by atoms with van der Waals surface area (Å²) in [6.07, 6.45) is 1.74. The molecule has 4 rings (SSSR count). The molecule has 1 N–H and O–H groups in total. The number of rotatable bonds is 6. The zero-order valence-corrected chi connectivity index (χ0v) is 15.3. The zero-order chi connectivity index (χ0) is 18.1. The molecule has 1 fully saturated rings. The molecule has 134 valence electrons. The molecule has 0 aliphatic heterocycles. The molecule has 2 aromatic carbocycles. The van der Waals surface area contributed by atoms with E-state index in [0.717, 1.165) is 23.1 Å². The summed E-state index contributed by atoms with van der Waals surface area (Å²) in [5.41, 5.74) is 1.18. The lowest BCUT2D eigenvalue weighted by molar-refractivity contribution is 0.0472. The topological polar surface area (TPSA) is 85.4 Å². The number of fused-ring (bicyclic) bond motifs is 1. The predicted molar refractivity (Wildman–Crippen MR) is 98.5 cm³/mol. The fraction of sp³-hybridized carbons (Fsp3) is 0.222. The van der Waals surface area contributed by atoms with Gasteiger partial charge in [-0.15, -0.1) is 11.3 Å². The van der Waals surface area contributed by atoms with Gasteiger partial charge in [0, 0.05) is 6.04 Å². The third kappa shape index (κ3) is 3.77. The first-order valence-corrected chi connectivity index (χ1v) is 10.5. The van der Waals surface area contributed by atoms with Gasteiger partial charge in [-0.05, 0) is 49.2 Å². The molecule has 0 atom stereocenters. The lowest BCUT2D eigenvalue weighted by Crippen LogP contribution is -2.25. The van der Waals surface area contributed by atoms with Crippen molar-refractivity contribution in [3.05, 3.63) is 59.1 Å². The van der Waals surface area contributed by atoms with Crippen molar-refractivity contribution >= 4 is 37.5 Å². The van der Waals surface area contributed by atoms with Crippen LogP contribution in [0.3, 0.4) is 0 Å². The van der Waals surface area contributed by atoms with E-state index in [1.54, 1.807) is 0 Å². The third-order valence-electron chi connectivity index (χ3n) is 3.96. The van der Waals surface area contributed by atoms with E-state index in [0.29, 0.717) is 10.6 Å². The van der Waals surface area contributed by atoms with Crippen LogP contribution in [0.25, 0.3) is 10.2 Å². The lowest BCUT2D eigenvalue weighted by Gasteiger charge is -2.06. The Kier molecular flexibility index (Phi) is 4.47. The van der Waals surface area contributed by atoms with Gasteiger partial charge in [0.25, 0.3) is 0 Å². The van der Waals surface area contributed by atoms with E-state index in [4.69, 9.17) is 4.74 Å². The average molecular weight is 388 g/mol. The molecule has 1 aliphatic carbocycles. The first-order valence-electron chi connectivity index (χ1n) is 8.15. The molecule has 0 radical (unpaired) electrons. The molecule has 3 aromatic rings. The minimum atomic E-state index is -3.52. The average Bonchev–Trinajstić information content (AvgIpc) is 3.34. The van der Waals surface area contributed by atoms with Gasteiger partial charge in [-0.3, -0.25) is 0 Å². The van der Waals surface area contributed by atoms with Crippen LogP contribution in [-0.4, -0.2) is 25.4 Å². The molecular formula is C18H16N2O4S2. The molecule has 1 heterocycles. The number of carbonyl (C=O) groups excluding carboxylic acids is 1. The van der Waals surface area contributed by atoms with Crippen LogP contribution in [0.1, 0.15) is 28.2 Å². The molecule has 0 saturated heterocycles. The number of nitrogens with zero attached hydrogens (tertiary/aromatic N) is 1. The summed E-state index contributed by atoms with van der Waals surface area (Å²) in [5.74, 6) is -0.511. The molecular weight excluding hydrogens is 372 g/mol. The molecule has 0 bridgehead atoms. The fourth-order valence-electron chi connectivity index (χ4n) is 2.45. The quantitative estimate of drug-likeness (QED) is 0.656. The molecule has 0 unspecified atom stereocenters. The number of esters is 1. The summed E-state index contributed by atoms with van der Waals surface area (Å²) in [5, 5.41) is 0.715. The first-order chi connectivity index (χ1) is 12.5. The summed E-state index contributed by atoms with van der Waals surface area (Å²) in [6, 6.07) is 13.5. The largest absolute Gasteiger partial charge is 0.455 e. The summed E-state index contributed by atoms with van der Waals surface area (Å²) in [7, 11) is -3.52. The van der Waals surface area contributed by atoms with Gasteiger partial charge in [-0.25, -0.2) is 22.9 Å². The number of aromatic nitrogens is 1. The molecule has 1 aliphatic rings. The van der Waals surface area contributed by atoms with Gasteiger partial charge in [-0.2, -0.15) is 0 Å². The zero-order valence-electron chi connectivity index (χ0n) is 13.7. The lowest BCUT2D eigenvalue weighted by atomic mass is 10.2. The number of sulfonamides is 1. The number of hydrogen-bond acceptors (Lipinski definition) is 6. The SMILES string of the molecule is O=C(OCc1nc2ccccc2s1)c1ccc(S(=O)(=O)NC2CC2)cc1. The molecule has 1 aromatic heterocycles. The number of nitrogens with one attached hydrogen (secondary N) is 1. The summed E-state index contributed by atoms with van der Waals surface area (Å²) < 4.78 is 33.2. The first kappa shape index (κ1) is 17.1. The molecule has 0 spiro atoms. The number of ether oxygens (including phenoxy) is 1. The van der Waals surface area contributed by atoms with Crippen LogP contribution in [0.2, 0.25) is 0 Å². The molecule has 6 nitrogen and oxygen atoms in total. The van der Waals surface area contributed by atoms with Crippen molar-refractivity contribution in [2.24, 2.45) is 0 Å². The summed E-state index contributed by atoms with van der Waals surface area (Å²) >= 11 is 1.48. The van der Waals surface area contributed by atoms with Crippen LogP contribution in [0.4, 0.5) is 0 Å². The van der Waals surface area contributed by atoms with Crippen molar-refractivity contribution in [3.63, 3.8) is 0 Å². The van der Waals surface area contributed by atoms with E-state index in [2.05, 4.69) is 9.71 Å². The maximum atomic E-state index is 12.2. The number of benzene rings is 2. The second kappa shape index (κ2) is 6.79. The van der Waals surface area contributed by atoms with E-state index < -0.39 is 16.0 Å². The Bertz CT molecular complexity index is 1020. The molecule has 1 saturated carbocycles. The van der Waals surface area contributed by atoms with E-state index in [1.807, 2.05) is 24.3 Å². The van der Waals surface area contributed by atoms with Crippen molar-refractivity contribution in [1.82, 2.24) is 9.71 Å². The number of carbonyl (C=O) groups is 1. The van der Waals surface area contributed by atoms with Gasteiger partial charge in [0.1, 0.15) is 11.6 Å². The van der Waals surface area contributed by atoms with Crippen LogP contribution >= 0.6 is 11.3 Å². The van der Waals surface area contributed by atoms with Crippen molar-refractivity contribution < 1.29 is 17.9 Å². The van der Waals surface area contributed by atoms with E-state index in [9.17, 15) is 13.2 Å². The second-order valence-electron chi connectivity index (χ2n) is 6.07. The second-order valence-corrected chi connectivity index (χ2v) is 8.90. The van der Waals surface area contributed by atoms with Crippen molar-refractivity contribution in [1.29, 1.82) is 0 Å². The Morgan fingerprint density at radius 1 is 1.15 bits per heavy atom. The Balaban J connectivity index is 1.41. The number of hydrogen-bond donors (Lipinski definition) is 1. The van der Waals surface area contributed by atoms with Crippen molar-refractivity contribution in [2.45, 2.75) is 30.4 Å². The maximum absolute atomic E-state index is 12.2. The summed E-state index contributed by atoms with van der Waals surface area (Å²) in [6.45, 7) is 0.0848. The van der Waals surface area contributed by atoms with Gasteiger partial charge in [-0.1, -0.05) is 12.1 Å². The van der Waals surface area contributed by atoms with Gasteiger partial charge in [0.05, 0.1) is 20.7 Å². The standard InChI is InChI=1S/C18H16N2O4S2/c21-18(24-11-17-19-15-3-1-2-4-16(15)25-17)12-5-9-14(10-6-12)26(22,23)20-13-7-8-13/h1-6,9-10,13,20H,7-8,11H2. The fourth-order valence-corrected chi connectivity index (χ4v) is 4.64. The van der Waals surface area contributed by atoms with E-state index in [1.165, 1.54) is 35.6 Å². The van der Waals surface area contributed by atoms with Crippen LogP contribution < -0.4 is 4.72 Å². The Hall–Kier alpha value is -2.29. The highest BCUT2D eigenvalue weighted by molar-refractivity contribution is 7.89. The van der Waals surface area contributed by atoms with E-state index in [-0.39, 0.29) is 17.5 Å². The van der Waals surface area contributed by atoms with Gasteiger partial charge in [0.15, 0.2) is 0 Å². The molecule has 26 heavy (non-hydrogen) atoms. The predicted octanol–water partition coefficient (Wildman–Crippen LogP) is 3.09. The number of para-hydroxylation sites is 1. The molecule has 8 heteroatoms. The van der Waals surface area contributed by atoms with Crippen LogP contribution in [0, 0.1) is 0 Å². The number of thiazole rings is 1. The van der Waals surface area contributed by atoms with Gasteiger partial charge >= 0.3 is 5.97 Å². The summed E-state index contributed by atoms with van der Waals surface area (Å²) in [4.78, 5) is 16.7. The monoisotopic (exact) mass is 388 g/mol. The minimum absolute atomic E-state index is 0.0402. The molecule has 0 amide bonds. The van der Waals surface area contributed by atoms with Crippen LogP contribution in [-0.2, 0) is 21.4 Å². The van der Waals surface area contributed by atoms with Crippen LogP contribution in [0.15, 0.2) is 53.4 Å².